The number of carbonyl (C=O) groups is 1. The Balaban J connectivity index is 1.71. The minimum absolute atomic E-state index is 0.127. The largest absolute Gasteiger partial charge is 0.497 e. The van der Waals surface area contributed by atoms with E-state index in [-0.39, 0.29) is 18.6 Å². The quantitative estimate of drug-likeness (QED) is 0.515. The summed E-state index contributed by atoms with van der Waals surface area (Å²) in [6.45, 7) is -0.125. The average molecular weight is 422 g/mol. The number of pyridine rings is 1. The number of hydrogen-bond donors (Lipinski definition) is 1. The van der Waals surface area contributed by atoms with Crippen molar-refractivity contribution < 1.29 is 9.53 Å². The Morgan fingerprint density at radius 3 is 2.60 bits per heavy atom. The van der Waals surface area contributed by atoms with Crippen LogP contribution in [-0.4, -0.2) is 27.1 Å². The highest BCUT2D eigenvalue weighted by Crippen LogP contribution is 2.15. The molecule has 0 aliphatic rings. The maximum Gasteiger partial charge on any atom is 0.332 e. The molecule has 0 spiro atoms. The summed E-state index contributed by atoms with van der Waals surface area (Å²) in [5, 5.41) is 4.63. The van der Waals surface area contributed by atoms with Gasteiger partial charge in [-0.1, -0.05) is 6.07 Å². The number of ether oxygens (including phenoxy) is 1. The fraction of sp³-hybridized carbons (Fsp3) is 0.143. The van der Waals surface area contributed by atoms with E-state index in [0.717, 1.165) is 9.44 Å². The van der Waals surface area contributed by atoms with E-state index in [4.69, 9.17) is 4.74 Å². The zero-order valence-electron chi connectivity index (χ0n) is 16.1. The van der Waals surface area contributed by atoms with E-state index in [1.165, 1.54) is 22.1 Å². The number of nitrogens with one attached hydrogen (secondary N) is 1. The highest BCUT2D eigenvalue weighted by atomic mass is 32.1. The van der Waals surface area contributed by atoms with E-state index in [0.29, 0.717) is 17.0 Å². The van der Waals surface area contributed by atoms with Gasteiger partial charge in [-0.25, -0.2) is 9.78 Å². The molecule has 0 unspecified atom stereocenters. The molecule has 0 saturated heterocycles. The van der Waals surface area contributed by atoms with Crippen molar-refractivity contribution >= 4 is 34.0 Å². The first kappa shape index (κ1) is 19.6. The van der Waals surface area contributed by atoms with E-state index in [1.54, 1.807) is 43.5 Å². The molecule has 9 heteroatoms. The zero-order valence-corrected chi connectivity index (χ0v) is 16.9. The summed E-state index contributed by atoms with van der Waals surface area (Å²) in [5.74, 6) is 0.274. The maximum atomic E-state index is 13.1. The van der Waals surface area contributed by atoms with Gasteiger partial charge < -0.3 is 10.1 Å². The maximum absolute atomic E-state index is 13.1. The normalized spacial score (nSPS) is 10.8. The SMILES string of the molecule is COc1ccc(NC(=O)Cn2c(=O)n(Cc3cccs3)c(=O)c3ncccc32)cc1. The van der Waals surface area contributed by atoms with Gasteiger partial charge in [0.15, 0.2) is 5.52 Å². The van der Waals surface area contributed by atoms with Gasteiger partial charge in [-0.2, -0.15) is 0 Å². The molecule has 0 aliphatic carbocycles. The number of rotatable bonds is 6. The van der Waals surface area contributed by atoms with Gasteiger partial charge in [0, 0.05) is 16.8 Å². The van der Waals surface area contributed by atoms with Crippen LogP contribution < -0.4 is 21.3 Å². The predicted molar refractivity (Wildman–Crippen MR) is 115 cm³/mol. The lowest BCUT2D eigenvalue weighted by atomic mass is 10.3. The lowest BCUT2D eigenvalue weighted by molar-refractivity contribution is -0.116. The molecule has 1 amide bonds. The van der Waals surface area contributed by atoms with Gasteiger partial charge in [0.1, 0.15) is 12.3 Å². The lowest BCUT2D eigenvalue weighted by Crippen LogP contribution is -2.42. The van der Waals surface area contributed by atoms with Crippen molar-refractivity contribution in [2.24, 2.45) is 0 Å². The Labute approximate surface area is 175 Å². The number of carbonyl (C=O) groups excluding carboxylic acids is 1. The van der Waals surface area contributed by atoms with Crippen molar-refractivity contribution in [3.8, 4) is 5.75 Å². The number of aromatic nitrogens is 3. The molecular formula is C21H18N4O4S. The fourth-order valence-corrected chi connectivity index (χ4v) is 3.80. The van der Waals surface area contributed by atoms with E-state index < -0.39 is 17.2 Å². The van der Waals surface area contributed by atoms with Crippen molar-refractivity contribution in [3.63, 3.8) is 0 Å². The first-order chi connectivity index (χ1) is 14.6. The molecule has 8 nitrogen and oxygen atoms in total. The van der Waals surface area contributed by atoms with Crippen LogP contribution in [0, 0.1) is 0 Å². The molecule has 4 rings (SSSR count). The van der Waals surface area contributed by atoms with Gasteiger partial charge in [0.2, 0.25) is 5.91 Å². The van der Waals surface area contributed by atoms with E-state index in [1.807, 2.05) is 17.5 Å². The van der Waals surface area contributed by atoms with Crippen LogP contribution in [0.2, 0.25) is 0 Å². The molecule has 152 valence electrons. The molecule has 0 radical (unpaired) electrons. The van der Waals surface area contributed by atoms with Gasteiger partial charge in [0.25, 0.3) is 5.56 Å². The van der Waals surface area contributed by atoms with Crippen LogP contribution in [0.5, 0.6) is 5.75 Å². The molecule has 30 heavy (non-hydrogen) atoms. The smallest absolute Gasteiger partial charge is 0.332 e. The Hall–Kier alpha value is -3.72. The molecule has 0 bridgehead atoms. The van der Waals surface area contributed by atoms with Crippen LogP contribution in [0.15, 0.2) is 69.7 Å². The minimum Gasteiger partial charge on any atom is -0.497 e. The standard InChI is InChI=1S/C21H18N4O4S/c1-29-15-8-6-14(7-9-15)23-18(26)13-24-17-5-2-10-22-19(17)20(27)25(21(24)28)12-16-4-3-11-30-16/h2-11H,12-13H2,1H3,(H,23,26). The van der Waals surface area contributed by atoms with Crippen LogP contribution in [-0.2, 0) is 17.9 Å². The van der Waals surface area contributed by atoms with E-state index in [2.05, 4.69) is 10.3 Å². The number of fused-ring (bicyclic) bond motifs is 1. The van der Waals surface area contributed by atoms with Gasteiger partial charge in [-0.15, -0.1) is 11.3 Å². The molecular weight excluding hydrogens is 404 g/mol. The Bertz CT molecular complexity index is 1310. The van der Waals surface area contributed by atoms with Crippen molar-refractivity contribution in [2.45, 2.75) is 13.1 Å². The number of thiophene rings is 1. The van der Waals surface area contributed by atoms with Crippen molar-refractivity contribution in [2.75, 3.05) is 12.4 Å². The molecule has 0 atom stereocenters. The third-order valence-electron chi connectivity index (χ3n) is 4.56. The van der Waals surface area contributed by atoms with E-state index >= 15 is 0 Å². The molecule has 1 N–H and O–H groups in total. The molecule has 3 aromatic heterocycles. The molecule has 0 fully saturated rings. The predicted octanol–water partition coefficient (Wildman–Crippen LogP) is 2.32. The minimum atomic E-state index is -0.557. The molecule has 1 aromatic carbocycles. The van der Waals surface area contributed by atoms with Gasteiger partial charge in [-0.3, -0.25) is 18.7 Å². The lowest BCUT2D eigenvalue weighted by Gasteiger charge is -2.13. The Kier molecular flexibility index (Phi) is 5.44. The summed E-state index contributed by atoms with van der Waals surface area (Å²) in [4.78, 5) is 43.6. The fourth-order valence-electron chi connectivity index (χ4n) is 3.11. The second kappa shape index (κ2) is 8.34. The second-order valence-corrected chi connectivity index (χ2v) is 7.52. The van der Waals surface area contributed by atoms with Crippen molar-refractivity contribution in [1.29, 1.82) is 0 Å². The summed E-state index contributed by atoms with van der Waals surface area (Å²) in [6.07, 6.45) is 1.49. The topological polar surface area (TPSA) is 95.2 Å². The summed E-state index contributed by atoms with van der Waals surface area (Å²) < 4.78 is 7.49. The number of nitrogens with zero attached hydrogens (tertiary/aromatic N) is 3. The molecule has 0 saturated carbocycles. The van der Waals surface area contributed by atoms with Gasteiger partial charge in [-0.05, 0) is 47.8 Å². The van der Waals surface area contributed by atoms with Crippen LogP contribution in [0.25, 0.3) is 11.0 Å². The molecule has 0 aliphatic heterocycles. The van der Waals surface area contributed by atoms with Crippen LogP contribution >= 0.6 is 11.3 Å². The third-order valence-corrected chi connectivity index (χ3v) is 5.42. The first-order valence-electron chi connectivity index (χ1n) is 9.11. The second-order valence-electron chi connectivity index (χ2n) is 6.49. The molecule has 4 aromatic rings. The highest BCUT2D eigenvalue weighted by Gasteiger charge is 2.16. The Morgan fingerprint density at radius 1 is 1.10 bits per heavy atom. The summed E-state index contributed by atoms with van der Waals surface area (Å²) in [5.41, 5.74) is 0.00324. The number of benzene rings is 1. The van der Waals surface area contributed by atoms with Crippen molar-refractivity contribution in [1.82, 2.24) is 14.1 Å². The summed E-state index contributed by atoms with van der Waals surface area (Å²) >= 11 is 1.45. The highest BCUT2D eigenvalue weighted by molar-refractivity contribution is 7.09. The molecule has 3 heterocycles. The average Bonchev–Trinajstić information content (AvgIpc) is 3.28. The Morgan fingerprint density at radius 2 is 1.90 bits per heavy atom. The first-order valence-corrected chi connectivity index (χ1v) is 9.99. The van der Waals surface area contributed by atoms with Crippen LogP contribution in [0.4, 0.5) is 5.69 Å². The number of anilines is 1. The monoisotopic (exact) mass is 422 g/mol. The summed E-state index contributed by atoms with van der Waals surface area (Å²) in [6, 6.07) is 13.8. The number of amides is 1. The summed E-state index contributed by atoms with van der Waals surface area (Å²) in [7, 11) is 1.56. The number of hydrogen-bond acceptors (Lipinski definition) is 6. The van der Waals surface area contributed by atoms with Crippen LogP contribution in [0.1, 0.15) is 4.88 Å². The van der Waals surface area contributed by atoms with Crippen LogP contribution in [0.3, 0.4) is 0 Å². The van der Waals surface area contributed by atoms with E-state index in [9.17, 15) is 14.4 Å². The van der Waals surface area contributed by atoms with Crippen molar-refractivity contribution in [3.05, 3.63) is 85.8 Å². The number of methoxy groups -OCH3 is 1. The third kappa shape index (κ3) is 3.87. The van der Waals surface area contributed by atoms with Gasteiger partial charge >= 0.3 is 5.69 Å². The van der Waals surface area contributed by atoms with Gasteiger partial charge in [0.05, 0.1) is 19.2 Å². The zero-order chi connectivity index (χ0) is 21.1.